The average Bonchev–Trinajstić information content (AvgIpc) is 2.28. The van der Waals surface area contributed by atoms with Gasteiger partial charge in [-0.2, -0.15) is 0 Å². The minimum atomic E-state index is -1.96. The highest BCUT2D eigenvalue weighted by molar-refractivity contribution is 5.68. The first-order valence-electron chi connectivity index (χ1n) is 6.03. The molecule has 0 aliphatic carbocycles. The summed E-state index contributed by atoms with van der Waals surface area (Å²) in [5.74, 6) is -2.15. The molecule has 0 radical (unpaired) electrons. The Balaban J connectivity index is 2.93. The van der Waals surface area contributed by atoms with Crippen molar-refractivity contribution >= 4 is 17.9 Å². The molecule has 20 heavy (non-hydrogen) atoms. The SMILES string of the molecule is CC(=O)OC1O[C@H](C)[C@@H](OC(C)=O)[C@@H](OC(C)=O)[C@@H]1F. The number of rotatable bonds is 3. The zero-order chi connectivity index (χ0) is 15.4. The van der Waals surface area contributed by atoms with Crippen LogP contribution in [0.3, 0.4) is 0 Å². The quantitative estimate of drug-likeness (QED) is 0.552. The van der Waals surface area contributed by atoms with Crippen LogP contribution in [0.2, 0.25) is 0 Å². The summed E-state index contributed by atoms with van der Waals surface area (Å²) in [5.41, 5.74) is 0. The molecular formula is C12H17FO7. The van der Waals surface area contributed by atoms with Gasteiger partial charge in [-0.25, -0.2) is 4.39 Å². The Morgan fingerprint density at radius 1 is 0.900 bits per heavy atom. The lowest BCUT2D eigenvalue weighted by molar-refractivity contribution is -0.276. The van der Waals surface area contributed by atoms with Gasteiger partial charge in [-0.3, -0.25) is 14.4 Å². The van der Waals surface area contributed by atoms with Gasteiger partial charge in [0.05, 0.1) is 6.10 Å². The van der Waals surface area contributed by atoms with Crippen molar-refractivity contribution in [3.05, 3.63) is 0 Å². The number of hydrogen-bond acceptors (Lipinski definition) is 7. The Hall–Kier alpha value is -1.70. The number of alkyl halides is 1. The number of carbonyl (C=O) groups excluding carboxylic acids is 3. The van der Waals surface area contributed by atoms with Gasteiger partial charge in [-0.1, -0.05) is 0 Å². The third kappa shape index (κ3) is 4.16. The Bertz CT molecular complexity index is 397. The van der Waals surface area contributed by atoms with E-state index >= 15 is 0 Å². The van der Waals surface area contributed by atoms with Crippen LogP contribution in [0.1, 0.15) is 27.7 Å². The Morgan fingerprint density at radius 2 is 1.35 bits per heavy atom. The summed E-state index contributed by atoms with van der Waals surface area (Å²) in [6, 6.07) is 0. The van der Waals surface area contributed by atoms with Gasteiger partial charge in [-0.15, -0.1) is 0 Å². The van der Waals surface area contributed by atoms with E-state index in [1.165, 1.54) is 6.92 Å². The maximum atomic E-state index is 14.2. The van der Waals surface area contributed by atoms with Gasteiger partial charge >= 0.3 is 17.9 Å². The van der Waals surface area contributed by atoms with Crippen molar-refractivity contribution in [1.82, 2.24) is 0 Å². The van der Waals surface area contributed by atoms with Crippen molar-refractivity contribution < 1.29 is 37.7 Å². The van der Waals surface area contributed by atoms with Crippen LogP contribution in [0.15, 0.2) is 0 Å². The van der Waals surface area contributed by atoms with E-state index in [1.807, 2.05) is 0 Å². The van der Waals surface area contributed by atoms with Crippen molar-refractivity contribution in [3.8, 4) is 0 Å². The van der Waals surface area contributed by atoms with E-state index in [0.717, 1.165) is 20.8 Å². The number of hydrogen-bond donors (Lipinski definition) is 0. The van der Waals surface area contributed by atoms with E-state index in [-0.39, 0.29) is 0 Å². The average molecular weight is 292 g/mol. The lowest BCUT2D eigenvalue weighted by Crippen LogP contribution is -2.58. The van der Waals surface area contributed by atoms with Crippen LogP contribution < -0.4 is 0 Å². The van der Waals surface area contributed by atoms with E-state index in [2.05, 4.69) is 4.74 Å². The van der Waals surface area contributed by atoms with E-state index in [9.17, 15) is 18.8 Å². The summed E-state index contributed by atoms with van der Waals surface area (Å²) >= 11 is 0. The maximum absolute atomic E-state index is 14.2. The van der Waals surface area contributed by atoms with Crippen LogP contribution in [0.5, 0.6) is 0 Å². The molecule has 0 aromatic rings. The van der Waals surface area contributed by atoms with Crippen LogP contribution in [0.25, 0.3) is 0 Å². The third-order valence-electron chi connectivity index (χ3n) is 2.60. The fourth-order valence-electron chi connectivity index (χ4n) is 1.90. The largest absolute Gasteiger partial charge is 0.456 e. The lowest BCUT2D eigenvalue weighted by atomic mass is 10.00. The fourth-order valence-corrected chi connectivity index (χ4v) is 1.90. The lowest BCUT2D eigenvalue weighted by Gasteiger charge is -2.40. The Morgan fingerprint density at radius 3 is 1.80 bits per heavy atom. The minimum absolute atomic E-state index is 0.666. The highest BCUT2D eigenvalue weighted by Crippen LogP contribution is 2.29. The van der Waals surface area contributed by atoms with Crippen LogP contribution in [0.4, 0.5) is 4.39 Å². The first kappa shape index (κ1) is 16.4. The minimum Gasteiger partial charge on any atom is -0.456 e. The smallest absolute Gasteiger partial charge is 0.305 e. The van der Waals surface area contributed by atoms with Crippen LogP contribution in [-0.4, -0.2) is 48.7 Å². The molecule has 1 aliphatic rings. The molecule has 0 bridgehead atoms. The molecule has 1 rings (SSSR count). The first-order valence-corrected chi connectivity index (χ1v) is 6.03. The monoisotopic (exact) mass is 292 g/mol. The molecule has 1 heterocycles. The molecule has 1 aliphatic heterocycles. The van der Waals surface area contributed by atoms with Crippen molar-refractivity contribution in [3.63, 3.8) is 0 Å². The van der Waals surface area contributed by atoms with Crippen molar-refractivity contribution in [2.45, 2.75) is 58.5 Å². The molecule has 0 spiro atoms. The van der Waals surface area contributed by atoms with Gasteiger partial charge in [-0.05, 0) is 6.92 Å². The second-order valence-corrected chi connectivity index (χ2v) is 4.41. The molecular weight excluding hydrogens is 275 g/mol. The Kier molecular flexibility index (Phi) is 5.43. The molecule has 1 fully saturated rings. The summed E-state index contributed by atoms with van der Waals surface area (Å²) in [7, 11) is 0. The predicted octanol–water partition coefficient (Wildman–Crippen LogP) is 0.496. The van der Waals surface area contributed by atoms with Gasteiger partial charge in [0.25, 0.3) is 0 Å². The van der Waals surface area contributed by atoms with E-state index in [1.54, 1.807) is 0 Å². The van der Waals surface area contributed by atoms with Crippen molar-refractivity contribution in [2.24, 2.45) is 0 Å². The van der Waals surface area contributed by atoms with Gasteiger partial charge in [0.15, 0.2) is 12.2 Å². The first-order chi connectivity index (χ1) is 9.22. The highest BCUT2D eigenvalue weighted by atomic mass is 19.1. The molecule has 8 heteroatoms. The molecule has 1 saturated heterocycles. The molecule has 1 unspecified atom stereocenters. The summed E-state index contributed by atoms with van der Waals surface area (Å²) in [6.07, 6.45) is -6.79. The van der Waals surface area contributed by atoms with Crippen LogP contribution in [0, 0.1) is 0 Å². The van der Waals surface area contributed by atoms with Crippen molar-refractivity contribution in [2.75, 3.05) is 0 Å². The zero-order valence-electron chi connectivity index (χ0n) is 11.6. The van der Waals surface area contributed by atoms with Gasteiger partial charge < -0.3 is 18.9 Å². The van der Waals surface area contributed by atoms with Crippen LogP contribution >= 0.6 is 0 Å². The molecule has 0 saturated carbocycles. The number of carbonyl (C=O) groups is 3. The maximum Gasteiger partial charge on any atom is 0.305 e. The molecule has 114 valence electrons. The molecule has 7 nitrogen and oxygen atoms in total. The molecule has 5 atom stereocenters. The summed E-state index contributed by atoms with van der Waals surface area (Å²) in [5, 5.41) is 0. The van der Waals surface area contributed by atoms with E-state index < -0.39 is 48.7 Å². The summed E-state index contributed by atoms with van der Waals surface area (Å²) < 4.78 is 33.8. The van der Waals surface area contributed by atoms with Crippen LogP contribution in [-0.2, 0) is 33.3 Å². The normalized spacial score (nSPS) is 33.1. The third-order valence-corrected chi connectivity index (χ3v) is 2.60. The topological polar surface area (TPSA) is 88.1 Å². The van der Waals surface area contributed by atoms with E-state index in [4.69, 9.17) is 14.2 Å². The number of esters is 3. The predicted molar refractivity (Wildman–Crippen MR) is 62.1 cm³/mol. The standard InChI is InChI=1S/C12H17FO7/c1-5-10(18-6(2)14)11(19-7(3)15)9(13)12(17-5)20-8(4)16/h5,9-12H,1-4H3/t5-,9+,10-,11+,12?/m1/s1. The molecule has 0 N–H and O–H groups in total. The molecule has 0 aromatic heterocycles. The Labute approximate surface area is 115 Å². The van der Waals surface area contributed by atoms with Gasteiger partial charge in [0.2, 0.25) is 12.5 Å². The zero-order valence-corrected chi connectivity index (χ0v) is 11.6. The number of halogens is 1. The number of ether oxygens (including phenoxy) is 4. The molecule has 0 aromatic carbocycles. The fraction of sp³-hybridized carbons (Fsp3) is 0.750. The molecule has 0 amide bonds. The van der Waals surface area contributed by atoms with Crippen molar-refractivity contribution in [1.29, 1.82) is 0 Å². The van der Waals surface area contributed by atoms with Gasteiger partial charge in [0.1, 0.15) is 0 Å². The summed E-state index contributed by atoms with van der Waals surface area (Å²) in [6.45, 7) is 4.83. The van der Waals surface area contributed by atoms with E-state index in [0.29, 0.717) is 0 Å². The second kappa shape index (κ2) is 6.65. The second-order valence-electron chi connectivity index (χ2n) is 4.41. The highest BCUT2D eigenvalue weighted by Gasteiger charge is 2.50. The van der Waals surface area contributed by atoms with Gasteiger partial charge in [0, 0.05) is 20.8 Å². The summed E-state index contributed by atoms with van der Waals surface area (Å²) in [4.78, 5) is 33.0.